The van der Waals surface area contributed by atoms with Crippen LogP contribution in [-0.4, -0.2) is 65.2 Å². The normalized spacial score (nSPS) is 20.6. The van der Waals surface area contributed by atoms with E-state index in [1.165, 1.54) is 4.90 Å². The summed E-state index contributed by atoms with van der Waals surface area (Å²) in [6.45, 7) is 6.62. The molecule has 3 rings (SSSR count). The average molecular weight is 354 g/mol. The molecule has 0 unspecified atom stereocenters. The lowest BCUT2D eigenvalue weighted by Gasteiger charge is -2.46. The van der Waals surface area contributed by atoms with Crippen LogP contribution in [0.15, 0.2) is 6.20 Å². The van der Waals surface area contributed by atoms with Gasteiger partial charge in [0.05, 0.1) is 12.7 Å². The molecule has 0 aliphatic carbocycles. The number of amides is 2. The first-order valence-electron chi connectivity index (χ1n) is 7.72. The summed E-state index contributed by atoms with van der Waals surface area (Å²) >= 11 is 5.91. The third kappa shape index (κ3) is 2.98. The molecule has 0 radical (unpaired) electrons. The highest BCUT2D eigenvalue weighted by atomic mass is 35.5. The van der Waals surface area contributed by atoms with Crippen molar-refractivity contribution in [2.24, 2.45) is 0 Å². The summed E-state index contributed by atoms with van der Waals surface area (Å²) in [6, 6.07) is -0.505. The molecule has 130 valence electrons. The second-order valence-corrected chi connectivity index (χ2v) is 7.22. The summed E-state index contributed by atoms with van der Waals surface area (Å²) < 4.78 is 5.40. The number of nitrogens with zero attached hydrogens (tertiary/aromatic N) is 5. The number of fused-ring (bicyclic) bond motifs is 3. The number of aromatic nitrogens is 2. The second-order valence-electron chi connectivity index (χ2n) is 6.88. The summed E-state index contributed by atoms with van der Waals surface area (Å²) in [5.41, 5.74) is 0.0425. The molecule has 0 saturated carbocycles. The molecule has 1 aromatic rings. The van der Waals surface area contributed by atoms with Crippen LogP contribution in [-0.2, 0) is 9.53 Å². The highest BCUT2D eigenvalue weighted by molar-refractivity contribution is 6.28. The number of ether oxygens (including phenoxy) is 1. The molecule has 2 aliphatic rings. The van der Waals surface area contributed by atoms with E-state index in [1.807, 2.05) is 25.7 Å². The molecular formula is C15H20ClN5O3. The molecule has 24 heavy (non-hydrogen) atoms. The van der Waals surface area contributed by atoms with Crippen molar-refractivity contribution in [3.05, 3.63) is 11.5 Å². The first-order valence-corrected chi connectivity index (χ1v) is 8.10. The van der Waals surface area contributed by atoms with Crippen molar-refractivity contribution in [1.82, 2.24) is 14.9 Å². The summed E-state index contributed by atoms with van der Waals surface area (Å²) in [5, 5.41) is 0.129. The van der Waals surface area contributed by atoms with Gasteiger partial charge in [-0.25, -0.2) is 9.78 Å². The van der Waals surface area contributed by atoms with Gasteiger partial charge in [-0.1, -0.05) is 0 Å². The van der Waals surface area contributed by atoms with Gasteiger partial charge < -0.3 is 19.4 Å². The van der Waals surface area contributed by atoms with Crippen LogP contribution in [0.2, 0.25) is 5.28 Å². The van der Waals surface area contributed by atoms with Crippen LogP contribution in [0.25, 0.3) is 0 Å². The predicted octanol–water partition coefficient (Wildman–Crippen LogP) is 1.53. The average Bonchev–Trinajstić information content (AvgIpc) is 2.50. The Hall–Kier alpha value is -2.09. The molecule has 0 bridgehead atoms. The molecule has 8 nitrogen and oxygen atoms in total. The van der Waals surface area contributed by atoms with Crippen molar-refractivity contribution >= 4 is 35.1 Å². The zero-order valence-corrected chi connectivity index (χ0v) is 14.9. The Morgan fingerprint density at radius 2 is 2.08 bits per heavy atom. The molecule has 9 heteroatoms. The number of rotatable bonds is 0. The van der Waals surface area contributed by atoms with E-state index in [1.54, 1.807) is 18.1 Å². The number of carbonyl (C=O) groups is 2. The number of likely N-dealkylation sites (N-methyl/N-ethyl adjacent to an activating group) is 1. The Morgan fingerprint density at radius 3 is 2.75 bits per heavy atom. The first-order chi connectivity index (χ1) is 11.2. The van der Waals surface area contributed by atoms with E-state index in [2.05, 4.69) is 9.97 Å². The SMILES string of the molecule is CN1C(=O)[C@H]2CN(C(=O)OC(C)(C)C)CCN2c2nc(Cl)ncc21. The number of halogens is 1. The van der Waals surface area contributed by atoms with Crippen molar-refractivity contribution in [2.75, 3.05) is 36.5 Å². The molecule has 2 amide bonds. The Bertz CT molecular complexity index is 690. The van der Waals surface area contributed by atoms with E-state index in [0.717, 1.165) is 0 Å². The lowest BCUT2D eigenvalue weighted by molar-refractivity contribution is -0.120. The summed E-state index contributed by atoms with van der Waals surface area (Å²) in [5.74, 6) is 0.507. The van der Waals surface area contributed by atoms with Gasteiger partial charge in [0.1, 0.15) is 17.3 Å². The molecule has 1 fully saturated rings. The molecule has 0 aromatic carbocycles. The van der Waals surface area contributed by atoms with Gasteiger partial charge in [0.15, 0.2) is 5.82 Å². The van der Waals surface area contributed by atoms with Crippen LogP contribution >= 0.6 is 11.6 Å². The van der Waals surface area contributed by atoms with Crippen molar-refractivity contribution in [1.29, 1.82) is 0 Å². The Kier molecular flexibility index (Phi) is 4.03. The van der Waals surface area contributed by atoms with Crippen molar-refractivity contribution in [3.8, 4) is 0 Å². The third-order valence-electron chi connectivity index (χ3n) is 4.00. The molecule has 0 spiro atoms. The number of anilines is 2. The molecule has 2 aliphatic heterocycles. The van der Waals surface area contributed by atoms with E-state index in [0.29, 0.717) is 24.6 Å². The van der Waals surface area contributed by atoms with E-state index < -0.39 is 17.7 Å². The number of carbonyl (C=O) groups excluding carboxylic acids is 2. The van der Waals surface area contributed by atoms with Gasteiger partial charge in [0, 0.05) is 20.1 Å². The molecule has 0 N–H and O–H groups in total. The van der Waals surface area contributed by atoms with Crippen molar-refractivity contribution in [3.63, 3.8) is 0 Å². The van der Waals surface area contributed by atoms with Crippen LogP contribution in [0, 0.1) is 0 Å². The fourth-order valence-corrected chi connectivity index (χ4v) is 3.00. The predicted molar refractivity (Wildman–Crippen MR) is 89.4 cm³/mol. The monoisotopic (exact) mass is 353 g/mol. The van der Waals surface area contributed by atoms with Crippen LogP contribution in [0.4, 0.5) is 16.3 Å². The lowest BCUT2D eigenvalue weighted by Crippen LogP contribution is -2.63. The van der Waals surface area contributed by atoms with Gasteiger partial charge in [0.25, 0.3) is 5.91 Å². The van der Waals surface area contributed by atoms with Crippen molar-refractivity contribution in [2.45, 2.75) is 32.4 Å². The number of hydrogen-bond acceptors (Lipinski definition) is 6. The van der Waals surface area contributed by atoms with E-state index in [-0.39, 0.29) is 17.7 Å². The minimum Gasteiger partial charge on any atom is -0.444 e. The topological polar surface area (TPSA) is 78.9 Å². The largest absolute Gasteiger partial charge is 0.444 e. The molecule has 1 atom stereocenters. The summed E-state index contributed by atoms with van der Waals surface area (Å²) in [7, 11) is 1.67. The van der Waals surface area contributed by atoms with Gasteiger partial charge in [-0.2, -0.15) is 4.98 Å². The maximum Gasteiger partial charge on any atom is 0.410 e. The van der Waals surface area contributed by atoms with Gasteiger partial charge in [0.2, 0.25) is 5.28 Å². The molecule has 1 aromatic heterocycles. The van der Waals surface area contributed by atoms with E-state index >= 15 is 0 Å². The quantitative estimate of drug-likeness (QED) is 0.658. The standard InChI is InChI=1S/C15H20ClN5O3/c1-15(2,3)24-14(23)20-5-6-21-10(8-20)12(22)19(4)9-7-17-13(16)18-11(9)21/h7,10H,5-6,8H2,1-4H3/t10-/m1/s1. The van der Waals surface area contributed by atoms with Gasteiger partial charge >= 0.3 is 6.09 Å². The highest BCUT2D eigenvalue weighted by Gasteiger charge is 2.43. The molecule has 1 saturated heterocycles. The Labute approximate surface area is 145 Å². The van der Waals surface area contributed by atoms with Gasteiger partial charge in [-0.05, 0) is 32.4 Å². The summed E-state index contributed by atoms with van der Waals surface area (Å²) in [4.78, 5) is 38.1. The number of piperazine rings is 1. The summed E-state index contributed by atoms with van der Waals surface area (Å²) in [6.07, 6.45) is 1.13. The fourth-order valence-electron chi connectivity index (χ4n) is 2.88. The Balaban J connectivity index is 1.85. The fraction of sp³-hybridized carbons (Fsp3) is 0.600. The Morgan fingerprint density at radius 1 is 1.38 bits per heavy atom. The first kappa shape index (κ1) is 16.8. The van der Waals surface area contributed by atoms with Gasteiger partial charge in [-0.3, -0.25) is 4.79 Å². The van der Waals surface area contributed by atoms with Crippen LogP contribution in [0.3, 0.4) is 0 Å². The zero-order valence-electron chi connectivity index (χ0n) is 14.1. The van der Waals surface area contributed by atoms with Crippen LogP contribution in [0.5, 0.6) is 0 Å². The highest BCUT2D eigenvalue weighted by Crippen LogP contribution is 2.35. The number of hydrogen-bond donors (Lipinski definition) is 0. The minimum atomic E-state index is -0.574. The lowest BCUT2D eigenvalue weighted by atomic mass is 10.1. The maximum atomic E-state index is 12.7. The van der Waals surface area contributed by atoms with Crippen LogP contribution < -0.4 is 9.80 Å². The van der Waals surface area contributed by atoms with Crippen LogP contribution in [0.1, 0.15) is 20.8 Å². The van der Waals surface area contributed by atoms with Gasteiger partial charge in [-0.15, -0.1) is 0 Å². The van der Waals surface area contributed by atoms with Crippen molar-refractivity contribution < 1.29 is 14.3 Å². The van der Waals surface area contributed by atoms with E-state index in [9.17, 15) is 9.59 Å². The minimum absolute atomic E-state index is 0.110. The molecular weight excluding hydrogens is 334 g/mol. The zero-order chi connectivity index (χ0) is 17.6. The molecule has 3 heterocycles. The smallest absolute Gasteiger partial charge is 0.410 e. The third-order valence-corrected chi connectivity index (χ3v) is 4.18. The van der Waals surface area contributed by atoms with E-state index in [4.69, 9.17) is 16.3 Å². The second kappa shape index (κ2) is 5.77. The maximum absolute atomic E-state index is 12.7.